The van der Waals surface area contributed by atoms with Gasteiger partial charge in [-0.1, -0.05) is 0 Å². The summed E-state index contributed by atoms with van der Waals surface area (Å²) < 4.78 is 14.4. The first-order chi connectivity index (χ1) is 4.95. The second-order valence-corrected chi connectivity index (χ2v) is 5.10. The van der Waals surface area contributed by atoms with Gasteiger partial charge in [-0.25, -0.2) is 9.36 Å². The van der Waals surface area contributed by atoms with Gasteiger partial charge in [0.05, 0.1) is 0 Å². The lowest BCUT2D eigenvalue weighted by Gasteiger charge is -2.03. The van der Waals surface area contributed by atoms with E-state index in [2.05, 4.69) is 10.1 Å². The van der Waals surface area contributed by atoms with Crippen molar-refractivity contribution in [2.24, 2.45) is 0 Å². The number of hydrogen-bond donors (Lipinski definition) is 3. The first-order valence-corrected chi connectivity index (χ1v) is 5.70. The van der Waals surface area contributed by atoms with E-state index in [0.717, 1.165) is 0 Å². The Morgan fingerprint density at radius 3 is 2.64 bits per heavy atom. The van der Waals surface area contributed by atoms with E-state index in [-0.39, 0.29) is 17.3 Å². The van der Waals surface area contributed by atoms with Gasteiger partial charge in [-0.15, -0.1) is 0 Å². The lowest BCUT2D eigenvalue weighted by atomic mass is 11.1. The standard InChI is InChI=1S/C3H8NO5PS/c1-4-3(5)9-2-11-10(6,7)8/h2H2,1H3,(H,4,5)(H2,6,7,8). The van der Waals surface area contributed by atoms with E-state index in [1.54, 1.807) is 0 Å². The molecular weight excluding hydrogens is 193 g/mol. The summed E-state index contributed by atoms with van der Waals surface area (Å²) in [4.78, 5) is 26.8. The minimum Gasteiger partial charge on any atom is -0.438 e. The lowest BCUT2D eigenvalue weighted by Crippen LogP contribution is -2.18. The summed E-state index contributed by atoms with van der Waals surface area (Å²) in [6, 6.07) is 0. The van der Waals surface area contributed by atoms with Gasteiger partial charge in [0.2, 0.25) is 0 Å². The summed E-state index contributed by atoms with van der Waals surface area (Å²) in [7, 11) is 1.35. The van der Waals surface area contributed by atoms with E-state index in [1.807, 2.05) is 0 Å². The highest BCUT2D eigenvalue weighted by atomic mass is 32.7. The molecule has 0 aromatic heterocycles. The molecular formula is C3H8NO5PS. The Morgan fingerprint density at radius 1 is 1.73 bits per heavy atom. The van der Waals surface area contributed by atoms with Crippen LogP contribution in [0.4, 0.5) is 4.79 Å². The molecule has 8 heteroatoms. The molecule has 0 atom stereocenters. The Bertz CT molecular complexity index is 179. The molecule has 0 aliphatic carbocycles. The fraction of sp³-hybridized carbons (Fsp3) is 0.667. The molecule has 1 amide bonds. The van der Waals surface area contributed by atoms with Crippen LogP contribution in [-0.2, 0) is 9.30 Å². The fourth-order valence-corrected chi connectivity index (χ4v) is 1.09. The van der Waals surface area contributed by atoms with E-state index in [1.165, 1.54) is 7.05 Å². The van der Waals surface area contributed by atoms with Crippen LogP contribution >= 0.6 is 18.2 Å². The maximum Gasteiger partial charge on any atom is 0.407 e. The van der Waals surface area contributed by atoms with Gasteiger partial charge >= 0.3 is 12.9 Å². The molecule has 0 radical (unpaired) electrons. The molecule has 0 bridgehead atoms. The summed E-state index contributed by atoms with van der Waals surface area (Å²) in [5.41, 5.74) is 0. The predicted molar refractivity (Wildman–Crippen MR) is 40.0 cm³/mol. The zero-order valence-electron chi connectivity index (χ0n) is 5.68. The molecule has 3 N–H and O–H groups in total. The Balaban J connectivity index is 3.43. The average Bonchev–Trinajstić information content (AvgIpc) is 1.85. The molecule has 0 saturated heterocycles. The third-order valence-electron chi connectivity index (χ3n) is 0.615. The number of carbonyl (C=O) groups excluding carboxylic acids is 1. The summed E-state index contributed by atoms with van der Waals surface area (Å²) in [6.07, 6.45) is -0.717. The van der Waals surface area contributed by atoms with Crippen molar-refractivity contribution >= 4 is 24.3 Å². The zero-order valence-corrected chi connectivity index (χ0v) is 7.39. The highest BCUT2D eigenvalue weighted by Gasteiger charge is 2.14. The molecule has 0 unspecified atom stereocenters. The number of ether oxygens (including phenoxy) is 1. The quantitative estimate of drug-likeness (QED) is 0.443. The summed E-state index contributed by atoms with van der Waals surface area (Å²) in [5.74, 6) is -0.357. The second-order valence-electron chi connectivity index (χ2n) is 1.42. The van der Waals surface area contributed by atoms with Crippen LogP contribution in [0.1, 0.15) is 0 Å². The molecule has 0 heterocycles. The third kappa shape index (κ3) is 7.67. The van der Waals surface area contributed by atoms with E-state index >= 15 is 0 Å². The fourth-order valence-electron chi connectivity index (χ4n) is 0.221. The van der Waals surface area contributed by atoms with Gasteiger partial charge in [0.1, 0.15) is 5.94 Å². The van der Waals surface area contributed by atoms with Crippen LogP contribution in [0.25, 0.3) is 0 Å². The van der Waals surface area contributed by atoms with Crippen molar-refractivity contribution in [3.63, 3.8) is 0 Å². The van der Waals surface area contributed by atoms with Crippen molar-refractivity contribution in [3.05, 3.63) is 0 Å². The predicted octanol–water partition coefficient (Wildman–Crippen LogP) is 0.126. The van der Waals surface area contributed by atoms with E-state index < -0.39 is 12.9 Å². The summed E-state index contributed by atoms with van der Waals surface area (Å²) >= 11 is 0.261. The van der Waals surface area contributed by atoms with Crippen LogP contribution in [0.3, 0.4) is 0 Å². The molecule has 0 aromatic rings. The number of amides is 1. The van der Waals surface area contributed by atoms with E-state index in [9.17, 15) is 9.36 Å². The van der Waals surface area contributed by atoms with Crippen molar-refractivity contribution in [2.75, 3.05) is 13.0 Å². The van der Waals surface area contributed by atoms with Crippen LogP contribution in [0, 0.1) is 0 Å². The minimum atomic E-state index is -4.12. The van der Waals surface area contributed by atoms with Crippen molar-refractivity contribution in [1.29, 1.82) is 0 Å². The van der Waals surface area contributed by atoms with Gasteiger partial charge in [0.15, 0.2) is 0 Å². The second kappa shape index (κ2) is 4.61. The molecule has 66 valence electrons. The van der Waals surface area contributed by atoms with Gasteiger partial charge in [0.25, 0.3) is 0 Å². The number of carbonyl (C=O) groups is 1. The topological polar surface area (TPSA) is 95.9 Å². The first-order valence-electron chi connectivity index (χ1n) is 2.50. The van der Waals surface area contributed by atoms with Gasteiger partial charge in [-0.2, -0.15) is 0 Å². The Labute approximate surface area is 67.2 Å². The van der Waals surface area contributed by atoms with E-state index in [4.69, 9.17) is 9.79 Å². The van der Waals surface area contributed by atoms with Gasteiger partial charge < -0.3 is 19.8 Å². The van der Waals surface area contributed by atoms with Crippen LogP contribution in [0.15, 0.2) is 0 Å². The average molecular weight is 201 g/mol. The number of alkyl carbamates (subject to hydrolysis) is 1. The first kappa shape index (κ1) is 10.8. The van der Waals surface area contributed by atoms with Crippen LogP contribution < -0.4 is 5.32 Å². The highest BCUT2D eigenvalue weighted by Crippen LogP contribution is 2.49. The molecule has 0 rings (SSSR count). The minimum absolute atomic E-state index is 0.261. The monoisotopic (exact) mass is 201 g/mol. The van der Waals surface area contributed by atoms with Crippen molar-refractivity contribution < 1.29 is 23.9 Å². The summed E-state index contributed by atoms with van der Waals surface area (Å²) in [5, 5.41) is 2.12. The molecule has 0 aromatic carbocycles. The van der Waals surface area contributed by atoms with Crippen molar-refractivity contribution in [3.8, 4) is 0 Å². The largest absolute Gasteiger partial charge is 0.438 e. The molecule has 0 aliphatic rings. The van der Waals surface area contributed by atoms with Crippen molar-refractivity contribution in [2.45, 2.75) is 0 Å². The zero-order chi connectivity index (χ0) is 8.91. The van der Waals surface area contributed by atoms with Gasteiger partial charge in [-0.3, -0.25) is 0 Å². The maximum absolute atomic E-state index is 10.3. The van der Waals surface area contributed by atoms with Crippen molar-refractivity contribution in [1.82, 2.24) is 5.32 Å². The molecule has 0 fully saturated rings. The van der Waals surface area contributed by atoms with E-state index in [0.29, 0.717) is 0 Å². The normalized spacial score (nSPS) is 10.8. The summed E-state index contributed by atoms with van der Waals surface area (Å²) in [6.45, 7) is -4.12. The number of hydrogen-bond acceptors (Lipinski definition) is 4. The molecule has 11 heavy (non-hydrogen) atoms. The maximum atomic E-state index is 10.3. The molecule has 6 nitrogen and oxygen atoms in total. The van der Waals surface area contributed by atoms with Crippen LogP contribution in [0.5, 0.6) is 0 Å². The molecule has 0 aliphatic heterocycles. The smallest absolute Gasteiger partial charge is 0.407 e. The lowest BCUT2D eigenvalue weighted by molar-refractivity contribution is 0.168. The number of rotatable bonds is 3. The molecule has 0 saturated carbocycles. The van der Waals surface area contributed by atoms with Gasteiger partial charge in [-0.05, 0) is 0 Å². The van der Waals surface area contributed by atoms with Gasteiger partial charge in [0, 0.05) is 18.4 Å². The van der Waals surface area contributed by atoms with Crippen LogP contribution in [-0.4, -0.2) is 28.9 Å². The van der Waals surface area contributed by atoms with Crippen LogP contribution in [0.2, 0.25) is 0 Å². The Kier molecular flexibility index (Phi) is 4.51. The Morgan fingerprint density at radius 2 is 2.27 bits per heavy atom. The SMILES string of the molecule is CNC(=O)OCSP(=O)(O)O. The number of nitrogens with one attached hydrogen (secondary N) is 1. The molecule has 0 spiro atoms. The third-order valence-corrected chi connectivity index (χ3v) is 2.50. The Hall–Kier alpha value is -0.230. The highest BCUT2D eigenvalue weighted by molar-refractivity contribution is 8.54.